The number of hydrogen-bond acceptors (Lipinski definition) is 0. The van der Waals surface area contributed by atoms with Crippen LogP contribution in [0.15, 0.2) is 0 Å². The highest BCUT2D eigenvalue weighted by molar-refractivity contribution is 4.60. The van der Waals surface area contributed by atoms with E-state index in [1.54, 1.807) is 0 Å². The van der Waals surface area contributed by atoms with E-state index in [4.69, 9.17) is 0 Å². The standard InChI is InChI=1S/C32H66N2/c1-3-5-7-9-11-13-15-17-25-33(27-19-20-28-33)31-23-24-32-34(29-21-22-30-34)26-18-16-14-12-10-8-6-4-2/h3-32H2,1-2H3/q+2. The zero-order valence-electron chi connectivity index (χ0n) is 24.1. The third-order valence-electron chi connectivity index (χ3n) is 9.52. The van der Waals surface area contributed by atoms with Gasteiger partial charge in [-0.3, -0.25) is 0 Å². The smallest absolute Gasteiger partial charge is 0.0788 e. The van der Waals surface area contributed by atoms with Crippen molar-refractivity contribution in [2.75, 3.05) is 52.4 Å². The Bertz CT molecular complexity index is 406. The van der Waals surface area contributed by atoms with Crippen LogP contribution >= 0.6 is 0 Å². The van der Waals surface area contributed by atoms with E-state index in [1.165, 1.54) is 203 Å². The summed E-state index contributed by atoms with van der Waals surface area (Å²) in [6.07, 6.45) is 32.4. The summed E-state index contributed by atoms with van der Waals surface area (Å²) in [6, 6.07) is 0. The van der Waals surface area contributed by atoms with Crippen LogP contribution in [-0.4, -0.2) is 61.3 Å². The largest absolute Gasteiger partial charge is 0.324 e. The molecule has 2 nitrogen and oxygen atoms in total. The van der Waals surface area contributed by atoms with Crippen LogP contribution in [0.3, 0.4) is 0 Å². The van der Waals surface area contributed by atoms with Crippen molar-refractivity contribution in [3.8, 4) is 0 Å². The molecule has 2 aliphatic heterocycles. The second-order valence-electron chi connectivity index (χ2n) is 12.5. The van der Waals surface area contributed by atoms with Gasteiger partial charge in [0, 0.05) is 38.5 Å². The van der Waals surface area contributed by atoms with Crippen molar-refractivity contribution in [1.29, 1.82) is 0 Å². The first-order valence-electron chi connectivity index (χ1n) is 16.4. The zero-order valence-corrected chi connectivity index (χ0v) is 24.1. The summed E-state index contributed by atoms with van der Waals surface area (Å²) < 4.78 is 2.99. The van der Waals surface area contributed by atoms with Gasteiger partial charge in [0.2, 0.25) is 0 Å². The van der Waals surface area contributed by atoms with E-state index < -0.39 is 0 Å². The van der Waals surface area contributed by atoms with E-state index in [9.17, 15) is 0 Å². The van der Waals surface area contributed by atoms with Gasteiger partial charge >= 0.3 is 0 Å². The van der Waals surface area contributed by atoms with Crippen molar-refractivity contribution >= 4 is 0 Å². The Balaban J connectivity index is 1.57. The molecular formula is C32H66N2+2. The Hall–Kier alpha value is -0.0800. The lowest BCUT2D eigenvalue weighted by molar-refractivity contribution is -0.923. The molecule has 2 heterocycles. The molecule has 0 radical (unpaired) electrons. The Morgan fingerprint density at radius 1 is 0.324 bits per heavy atom. The number of likely N-dealkylation sites (tertiary alicyclic amines) is 2. The highest BCUT2D eigenvalue weighted by Crippen LogP contribution is 2.25. The molecule has 0 atom stereocenters. The molecule has 2 fully saturated rings. The van der Waals surface area contributed by atoms with Crippen molar-refractivity contribution < 1.29 is 8.97 Å². The van der Waals surface area contributed by atoms with Crippen molar-refractivity contribution in [1.82, 2.24) is 0 Å². The van der Waals surface area contributed by atoms with E-state index in [-0.39, 0.29) is 0 Å². The van der Waals surface area contributed by atoms with E-state index >= 15 is 0 Å². The highest BCUT2D eigenvalue weighted by Gasteiger charge is 2.33. The Kier molecular flexibility index (Phi) is 16.9. The van der Waals surface area contributed by atoms with E-state index in [1.807, 2.05) is 0 Å². The second-order valence-corrected chi connectivity index (χ2v) is 12.5. The maximum atomic E-state index is 2.32. The van der Waals surface area contributed by atoms with E-state index in [2.05, 4.69) is 13.8 Å². The van der Waals surface area contributed by atoms with Gasteiger partial charge in [-0.1, -0.05) is 90.9 Å². The van der Waals surface area contributed by atoms with Crippen LogP contribution in [0.4, 0.5) is 0 Å². The van der Waals surface area contributed by atoms with Gasteiger partial charge in [-0.05, 0) is 25.7 Å². The summed E-state index contributed by atoms with van der Waals surface area (Å²) in [5, 5.41) is 0. The minimum Gasteiger partial charge on any atom is -0.324 e. The predicted molar refractivity (Wildman–Crippen MR) is 152 cm³/mol. The van der Waals surface area contributed by atoms with Gasteiger partial charge in [-0.2, -0.15) is 0 Å². The molecule has 0 aromatic carbocycles. The quantitative estimate of drug-likeness (QED) is 0.101. The lowest BCUT2D eigenvalue weighted by Crippen LogP contribution is -2.48. The average Bonchev–Trinajstić information content (AvgIpc) is 3.51. The fraction of sp³-hybridized carbons (Fsp3) is 1.00. The van der Waals surface area contributed by atoms with Crippen LogP contribution in [0.1, 0.15) is 155 Å². The molecule has 0 spiro atoms. The van der Waals surface area contributed by atoms with Crippen molar-refractivity contribution in [2.45, 2.75) is 155 Å². The lowest BCUT2D eigenvalue weighted by atomic mass is 10.1. The van der Waals surface area contributed by atoms with Crippen LogP contribution < -0.4 is 0 Å². The first-order valence-corrected chi connectivity index (χ1v) is 16.4. The van der Waals surface area contributed by atoms with Gasteiger partial charge < -0.3 is 8.97 Å². The van der Waals surface area contributed by atoms with Gasteiger partial charge in [0.1, 0.15) is 0 Å². The molecule has 2 heteroatoms. The first kappa shape index (κ1) is 30.1. The van der Waals surface area contributed by atoms with Gasteiger partial charge in [0.25, 0.3) is 0 Å². The molecule has 0 amide bonds. The maximum Gasteiger partial charge on any atom is 0.0788 e. The number of rotatable bonds is 23. The molecule has 2 aliphatic rings. The molecule has 2 rings (SSSR count). The van der Waals surface area contributed by atoms with Gasteiger partial charge in [0.05, 0.1) is 52.4 Å². The molecular weight excluding hydrogens is 412 g/mol. The first-order chi connectivity index (χ1) is 16.7. The molecule has 0 N–H and O–H groups in total. The minimum absolute atomic E-state index is 1.37. The predicted octanol–water partition coefficient (Wildman–Crippen LogP) is 9.27. The number of unbranched alkanes of at least 4 members (excludes halogenated alkanes) is 15. The fourth-order valence-electron chi connectivity index (χ4n) is 7.19. The summed E-state index contributed by atoms with van der Waals surface area (Å²) in [4.78, 5) is 0. The van der Waals surface area contributed by atoms with Crippen molar-refractivity contribution in [3.63, 3.8) is 0 Å². The SMILES string of the molecule is CCCCCCCCCC[N+]1(CCCC[N+]2(CCCCCCCCCC)CCCC2)CCCC1. The molecule has 0 saturated carbocycles. The molecule has 0 bridgehead atoms. The summed E-state index contributed by atoms with van der Waals surface area (Å²) in [6.45, 7) is 16.6. The van der Waals surface area contributed by atoms with Crippen LogP contribution in [0.25, 0.3) is 0 Å². The normalized spacial score (nSPS) is 19.2. The van der Waals surface area contributed by atoms with Gasteiger partial charge in [0.15, 0.2) is 0 Å². The summed E-state index contributed by atoms with van der Waals surface area (Å²) in [5.41, 5.74) is 0. The molecule has 2 saturated heterocycles. The Labute approximate surface area is 216 Å². The van der Waals surface area contributed by atoms with E-state index in [0.717, 1.165) is 0 Å². The van der Waals surface area contributed by atoms with Crippen LogP contribution in [-0.2, 0) is 0 Å². The van der Waals surface area contributed by atoms with Crippen molar-refractivity contribution in [3.05, 3.63) is 0 Å². The molecule has 202 valence electrons. The average molecular weight is 479 g/mol. The highest BCUT2D eigenvalue weighted by atomic mass is 15.4. The van der Waals surface area contributed by atoms with Gasteiger partial charge in [-0.25, -0.2) is 0 Å². The monoisotopic (exact) mass is 479 g/mol. The van der Waals surface area contributed by atoms with Crippen LogP contribution in [0.2, 0.25) is 0 Å². The van der Waals surface area contributed by atoms with E-state index in [0.29, 0.717) is 0 Å². The molecule has 34 heavy (non-hydrogen) atoms. The Morgan fingerprint density at radius 3 is 0.853 bits per heavy atom. The maximum absolute atomic E-state index is 2.32. The zero-order chi connectivity index (χ0) is 24.2. The summed E-state index contributed by atoms with van der Waals surface area (Å²) in [5.74, 6) is 0. The minimum atomic E-state index is 1.37. The lowest BCUT2D eigenvalue weighted by Gasteiger charge is -2.37. The molecule has 0 unspecified atom stereocenters. The number of hydrogen-bond donors (Lipinski definition) is 0. The topological polar surface area (TPSA) is 0 Å². The molecule has 0 aromatic heterocycles. The summed E-state index contributed by atoms with van der Waals surface area (Å²) in [7, 11) is 0. The number of quaternary nitrogens is 2. The summed E-state index contributed by atoms with van der Waals surface area (Å²) >= 11 is 0. The second kappa shape index (κ2) is 19.1. The van der Waals surface area contributed by atoms with Crippen molar-refractivity contribution in [2.24, 2.45) is 0 Å². The molecule has 0 aliphatic carbocycles. The number of nitrogens with zero attached hydrogens (tertiary/aromatic N) is 2. The third kappa shape index (κ3) is 12.8. The van der Waals surface area contributed by atoms with Crippen LogP contribution in [0, 0.1) is 0 Å². The third-order valence-corrected chi connectivity index (χ3v) is 9.52. The Morgan fingerprint density at radius 2 is 0.559 bits per heavy atom. The van der Waals surface area contributed by atoms with Gasteiger partial charge in [-0.15, -0.1) is 0 Å². The molecule has 0 aromatic rings. The van der Waals surface area contributed by atoms with Crippen LogP contribution in [0.5, 0.6) is 0 Å². The fourth-order valence-corrected chi connectivity index (χ4v) is 7.19.